The highest BCUT2D eigenvalue weighted by Gasteiger charge is 2.10. The highest BCUT2D eigenvalue weighted by atomic mass is 79.9. The predicted molar refractivity (Wildman–Crippen MR) is 74.3 cm³/mol. The Kier molecular flexibility index (Phi) is 6.68. The van der Waals surface area contributed by atoms with Crippen molar-refractivity contribution in [1.29, 1.82) is 0 Å². The summed E-state index contributed by atoms with van der Waals surface area (Å²) in [5.74, 6) is -0.290. The second-order valence-electron chi connectivity index (χ2n) is 3.78. The van der Waals surface area contributed by atoms with Crippen LogP contribution < -0.4 is 0 Å². The molecule has 1 aromatic rings. The fourth-order valence-electron chi connectivity index (χ4n) is 1.53. The van der Waals surface area contributed by atoms with Crippen LogP contribution in [-0.4, -0.2) is 19.2 Å². The van der Waals surface area contributed by atoms with Gasteiger partial charge in [0, 0.05) is 11.4 Å². The lowest BCUT2D eigenvalue weighted by Crippen LogP contribution is -2.11. The van der Waals surface area contributed by atoms with E-state index in [2.05, 4.69) is 22.5 Å². The first kappa shape index (κ1) is 14.9. The minimum atomic E-state index is -0.290. The second kappa shape index (κ2) is 8.06. The molecule has 98 valence electrons. The van der Waals surface area contributed by atoms with Gasteiger partial charge < -0.3 is 9.47 Å². The molecular weight excluding hydrogens is 296 g/mol. The van der Waals surface area contributed by atoms with Crippen LogP contribution in [-0.2, 0) is 14.3 Å². The Balaban J connectivity index is 2.54. The molecule has 1 unspecified atom stereocenters. The van der Waals surface area contributed by atoms with Gasteiger partial charge in [0.2, 0.25) is 0 Å². The van der Waals surface area contributed by atoms with Crippen LogP contribution in [0.3, 0.4) is 0 Å². The van der Waals surface area contributed by atoms with Crippen molar-refractivity contribution in [3.8, 4) is 0 Å². The molecule has 0 saturated heterocycles. The smallest absolute Gasteiger partial charge is 0.302 e. The SMILES string of the molecule is C=CCC(OCCOC(C)=O)c1cccc(Br)c1. The Morgan fingerprint density at radius 2 is 2.28 bits per heavy atom. The number of hydrogen-bond acceptors (Lipinski definition) is 3. The van der Waals surface area contributed by atoms with Crippen LogP contribution in [0.15, 0.2) is 41.4 Å². The monoisotopic (exact) mass is 312 g/mol. The van der Waals surface area contributed by atoms with Crippen LogP contribution >= 0.6 is 15.9 Å². The van der Waals surface area contributed by atoms with Crippen LogP contribution in [0, 0.1) is 0 Å². The van der Waals surface area contributed by atoms with E-state index in [1.807, 2.05) is 30.3 Å². The maximum atomic E-state index is 10.6. The van der Waals surface area contributed by atoms with Gasteiger partial charge in [-0.05, 0) is 24.1 Å². The van der Waals surface area contributed by atoms with Gasteiger partial charge in [-0.1, -0.05) is 34.1 Å². The van der Waals surface area contributed by atoms with Gasteiger partial charge in [0.15, 0.2) is 0 Å². The fourth-order valence-corrected chi connectivity index (χ4v) is 1.95. The Morgan fingerprint density at radius 1 is 1.50 bits per heavy atom. The average Bonchev–Trinajstić information content (AvgIpc) is 2.33. The molecule has 0 spiro atoms. The van der Waals surface area contributed by atoms with Crippen molar-refractivity contribution in [3.63, 3.8) is 0 Å². The van der Waals surface area contributed by atoms with Crippen LogP contribution in [0.1, 0.15) is 25.0 Å². The zero-order valence-corrected chi connectivity index (χ0v) is 12.0. The Labute approximate surface area is 116 Å². The molecule has 1 aromatic carbocycles. The summed E-state index contributed by atoms with van der Waals surface area (Å²) in [6.45, 7) is 5.77. The summed E-state index contributed by atoms with van der Waals surface area (Å²) in [5.41, 5.74) is 1.08. The predicted octanol–water partition coefficient (Wildman–Crippen LogP) is 3.65. The van der Waals surface area contributed by atoms with Crippen molar-refractivity contribution in [2.24, 2.45) is 0 Å². The highest BCUT2D eigenvalue weighted by Crippen LogP contribution is 2.24. The largest absolute Gasteiger partial charge is 0.463 e. The summed E-state index contributed by atoms with van der Waals surface area (Å²) >= 11 is 3.43. The molecule has 0 radical (unpaired) electrons. The van der Waals surface area contributed by atoms with Crippen molar-refractivity contribution < 1.29 is 14.3 Å². The first-order chi connectivity index (χ1) is 8.63. The van der Waals surface area contributed by atoms with Crippen LogP contribution in [0.4, 0.5) is 0 Å². The third-order valence-corrected chi connectivity index (χ3v) is 2.80. The molecule has 18 heavy (non-hydrogen) atoms. The molecule has 1 atom stereocenters. The lowest BCUT2D eigenvalue weighted by atomic mass is 10.1. The number of rotatable bonds is 7. The van der Waals surface area contributed by atoms with E-state index in [4.69, 9.17) is 9.47 Å². The number of carbonyl (C=O) groups is 1. The van der Waals surface area contributed by atoms with E-state index in [1.54, 1.807) is 0 Å². The Bertz CT molecular complexity index is 404. The van der Waals surface area contributed by atoms with E-state index >= 15 is 0 Å². The van der Waals surface area contributed by atoms with Gasteiger partial charge in [-0.2, -0.15) is 0 Å². The lowest BCUT2D eigenvalue weighted by molar-refractivity contribution is -0.143. The van der Waals surface area contributed by atoms with E-state index in [0.29, 0.717) is 6.61 Å². The van der Waals surface area contributed by atoms with Crippen LogP contribution in [0.2, 0.25) is 0 Å². The number of carbonyl (C=O) groups excluding carboxylic acids is 1. The summed E-state index contributed by atoms with van der Waals surface area (Å²) in [5, 5.41) is 0. The number of esters is 1. The molecule has 4 heteroatoms. The summed E-state index contributed by atoms with van der Waals surface area (Å²) in [7, 11) is 0. The van der Waals surface area contributed by atoms with Crippen molar-refractivity contribution >= 4 is 21.9 Å². The third-order valence-electron chi connectivity index (χ3n) is 2.31. The second-order valence-corrected chi connectivity index (χ2v) is 4.69. The number of halogens is 1. The molecule has 0 aliphatic heterocycles. The van der Waals surface area contributed by atoms with Crippen LogP contribution in [0.5, 0.6) is 0 Å². The van der Waals surface area contributed by atoms with Gasteiger partial charge in [0.25, 0.3) is 0 Å². The first-order valence-corrected chi connectivity index (χ1v) is 6.54. The molecule has 0 bridgehead atoms. The molecule has 0 amide bonds. The number of hydrogen-bond donors (Lipinski definition) is 0. The van der Waals surface area contributed by atoms with Gasteiger partial charge in [0.05, 0.1) is 12.7 Å². The van der Waals surface area contributed by atoms with Gasteiger partial charge in [-0.15, -0.1) is 6.58 Å². The Hall–Kier alpha value is -1.13. The maximum Gasteiger partial charge on any atom is 0.302 e. The Morgan fingerprint density at radius 3 is 2.89 bits per heavy atom. The molecule has 0 N–H and O–H groups in total. The van der Waals surface area contributed by atoms with Gasteiger partial charge >= 0.3 is 5.97 Å². The lowest BCUT2D eigenvalue weighted by Gasteiger charge is -2.17. The standard InChI is InChI=1S/C14H17BrO3/c1-3-5-14(18-9-8-17-11(2)16)12-6-4-7-13(15)10-12/h3-4,6-7,10,14H,1,5,8-9H2,2H3. The molecule has 1 rings (SSSR count). The van der Waals surface area contributed by atoms with Crippen molar-refractivity contribution in [2.45, 2.75) is 19.4 Å². The summed E-state index contributed by atoms with van der Waals surface area (Å²) < 4.78 is 11.5. The maximum absolute atomic E-state index is 10.6. The van der Waals surface area contributed by atoms with E-state index < -0.39 is 0 Å². The third kappa shape index (κ3) is 5.47. The van der Waals surface area contributed by atoms with Crippen molar-refractivity contribution in [1.82, 2.24) is 0 Å². The fraction of sp³-hybridized carbons (Fsp3) is 0.357. The molecule has 3 nitrogen and oxygen atoms in total. The summed E-state index contributed by atoms with van der Waals surface area (Å²) in [6, 6.07) is 7.95. The summed E-state index contributed by atoms with van der Waals surface area (Å²) in [6.07, 6.45) is 2.48. The number of ether oxygens (including phenoxy) is 2. The highest BCUT2D eigenvalue weighted by molar-refractivity contribution is 9.10. The minimum absolute atomic E-state index is 0.0597. The van der Waals surface area contributed by atoms with Crippen LogP contribution in [0.25, 0.3) is 0 Å². The molecule has 0 aliphatic rings. The van der Waals surface area contributed by atoms with E-state index in [1.165, 1.54) is 6.92 Å². The molecule has 0 saturated carbocycles. The zero-order chi connectivity index (χ0) is 13.4. The first-order valence-electron chi connectivity index (χ1n) is 5.75. The van der Waals surface area contributed by atoms with Gasteiger partial charge in [-0.3, -0.25) is 4.79 Å². The average molecular weight is 313 g/mol. The normalized spacial score (nSPS) is 11.9. The zero-order valence-electron chi connectivity index (χ0n) is 10.4. The van der Waals surface area contributed by atoms with E-state index in [9.17, 15) is 4.79 Å². The van der Waals surface area contributed by atoms with Gasteiger partial charge in [-0.25, -0.2) is 0 Å². The quantitative estimate of drug-likeness (QED) is 0.438. The molecule has 0 fully saturated rings. The van der Waals surface area contributed by atoms with Gasteiger partial charge in [0.1, 0.15) is 6.61 Å². The molecule has 0 aromatic heterocycles. The van der Waals surface area contributed by atoms with E-state index in [0.717, 1.165) is 16.5 Å². The van der Waals surface area contributed by atoms with E-state index in [-0.39, 0.29) is 18.7 Å². The molecule has 0 aliphatic carbocycles. The van der Waals surface area contributed by atoms with Crippen molar-refractivity contribution in [2.75, 3.05) is 13.2 Å². The number of benzene rings is 1. The minimum Gasteiger partial charge on any atom is -0.463 e. The van der Waals surface area contributed by atoms with Crippen molar-refractivity contribution in [3.05, 3.63) is 47.0 Å². The molecular formula is C14H17BrO3. The topological polar surface area (TPSA) is 35.5 Å². The summed E-state index contributed by atoms with van der Waals surface area (Å²) in [4.78, 5) is 10.6. The molecule has 0 heterocycles.